The van der Waals surface area contributed by atoms with Gasteiger partial charge in [0.15, 0.2) is 0 Å². The van der Waals surface area contributed by atoms with Gasteiger partial charge in [-0.05, 0) is 44.9 Å². The number of carbonyl (C=O) groups excluding carboxylic acids is 1. The van der Waals surface area contributed by atoms with Crippen molar-refractivity contribution in [3.63, 3.8) is 0 Å². The molecule has 1 unspecified atom stereocenters. The average molecular weight is 320 g/mol. The molecule has 1 aliphatic rings. The van der Waals surface area contributed by atoms with E-state index in [1.165, 1.54) is 12.1 Å². The van der Waals surface area contributed by atoms with Crippen LogP contribution in [0.2, 0.25) is 0 Å². The summed E-state index contributed by atoms with van der Waals surface area (Å²) in [7, 11) is 0. The third kappa shape index (κ3) is 3.17. The molecule has 0 saturated heterocycles. The van der Waals surface area contributed by atoms with Crippen LogP contribution in [0.5, 0.6) is 0 Å². The Morgan fingerprint density at radius 3 is 2.87 bits per heavy atom. The second-order valence-electron chi connectivity index (χ2n) is 6.44. The van der Waals surface area contributed by atoms with Gasteiger partial charge in [0.1, 0.15) is 17.2 Å². The van der Waals surface area contributed by atoms with Gasteiger partial charge in [0.2, 0.25) is 0 Å². The molecule has 1 aromatic heterocycles. The lowest BCUT2D eigenvalue weighted by Crippen LogP contribution is -2.40. The number of hydrogen-bond acceptors (Lipinski definition) is 3. The van der Waals surface area contributed by atoms with Gasteiger partial charge in [-0.1, -0.05) is 0 Å². The number of benzene rings is 1. The van der Waals surface area contributed by atoms with E-state index in [2.05, 4.69) is 10.6 Å². The molecule has 1 fully saturated rings. The van der Waals surface area contributed by atoms with E-state index in [0.29, 0.717) is 23.3 Å². The highest BCUT2D eigenvalue weighted by molar-refractivity contribution is 5.82. The Labute approximate surface area is 133 Å². The van der Waals surface area contributed by atoms with E-state index >= 15 is 0 Å². The monoisotopic (exact) mass is 320 g/mol. The number of nitrogens with one attached hydrogen (secondary N) is 2. The first-order valence-corrected chi connectivity index (χ1v) is 7.78. The molecule has 1 atom stereocenters. The quantitative estimate of drug-likeness (QED) is 0.793. The lowest BCUT2D eigenvalue weighted by molar-refractivity contribution is 0.202. The summed E-state index contributed by atoms with van der Waals surface area (Å²) in [6, 6.07) is 3.73. The van der Waals surface area contributed by atoms with Crippen LogP contribution in [-0.4, -0.2) is 24.3 Å². The van der Waals surface area contributed by atoms with Crippen molar-refractivity contribution in [3.8, 4) is 0 Å². The van der Waals surface area contributed by atoms with Gasteiger partial charge in [0.05, 0.1) is 12.6 Å². The van der Waals surface area contributed by atoms with Crippen LogP contribution in [0.25, 0.3) is 11.0 Å². The first kappa shape index (κ1) is 15.8. The highest BCUT2D eigenvalue weighted by Crippen LogP contribution is 2.44. The Morgan fingerprint density at radius 2 is 2.22 bits per heavy atom. The van der Waals surface area contributed by atoms with Crippen LogP contribution in [0.3, 0.4) is 0 Å². The molecule has 1 heterocycles. The maximum atomic E-state index is 13.3. The SMILES string of the molecule is Cc1c(C(C)NC(=O)NCC2(CO)CC2)oc2ccc(F)cc12. The fraction of sp³-hybridized carbons (Fsp3) is 0.471. The molecule has 0 bridgehead atoms. The molecule has 0 spiro atoms. The van der Waals surface area contributed by atoms with Crippen molar-refractivity contribution in [1.29, 1.82) is 0 Å². The Hall–Kier alpha value is -2.08. The van der Waals surface area contributed by atoms with E-state index in [4.69, 9.17) is 4.42 Å². The number of carbonyl (C=O) groups is 1. The third-order valence-corrected chi connectivity index (χ3v) is 4.59. The van der Waals surface area contributed by atoms with Crippen LogP contribution in [0.15, 0.2) is 22.6 Å². The second kappa shape index (κ2) is 5.85. The van der Waals surface area contributed by atoms with Gasteiger partial charge >= 0.3 is 6.03 Å². The molecule has 6 heteroatoms. The zero-order chi connectivity index (χ0) is 16.6. The van der Waals surface area contributed by atoms with Crippen molar-refractivity contribution in [2.24, 2.45) is 5.41 Å². The summed E-state index contributed by atoms with van der Waals surface area (Å²) < 4.78 is 19.1. The largest absolute Gasteiger partial charge is 0.459 e. The predicted molar refractivity (Wildman–Crippen MR) is 84.6 cm³/mol. The molecular weight excluding hydrogens is 299 g/mol. The Balaban J connectivity index is 1.67. The van der Waals surface area contributed by atoms with Crippen molar-refractivity contribution < 1.29 is 18.7 Å². The van der Waals surface area contributed by atoms with Crippen molar-refractivity contribution >= 4 is 17.0 Å². The lowest BCUT2D eigenvalue weighted by atomic mass is 10.1. The molecule has 23 heavy (non-hydrogen) atoms. The first-order valence-electron chi connectivity index (χ1n) is 7.78. The van der Waals surface area contributed by atoms with E-state index in [1.54, 1.807) is 6.07 Å². The molecule has 5 nitrogen and oxygen atoms in total. The van der Waals surface area contributed by atoms with Crippen molar-refractivity contribution in [3.05, 3.63) is 35.3 Å². The second-order valence-corrected chi connectivity index (χ2v) is 6.44. The molecule has 2 aromatic rings. The summed E-state index contributed by atoms with van der Waals surface area (Å²) in [6.45, 7) is 4.23. The summed E-state index contributed by atoms with van der Waals surface area (Å²) in [5, 5.41) is 15.6. The van der Waals surface area contributed by atoms with Crippen LogP contribution in [0.4, 0.5) is 9.18 Å². The molecule has 124 valence electrons. The summed E-state index contributed by atoms with van der Waals surface area (Å²) in [4.78, 5) is 12.0. The zero-order valence-corrected chi connectivity index (χ0v) is 13.3. The summed E-state index contributed by atoms with van der Waals surface area (Å²) >= 11 is 0. The highest BCUT2D eigenvalue weighted by atomic mass is 19.1. The minimum absolute atomic E-state index is 0.0943. The van der Waals surface area contributed by atoms with Gasteiger partial charge in [-0.3, -0.25) is 0 Å². The maximum absolute atomic E-state index is 13.3. The molecule has 1 aliphatic carbocycles. The number of hydrogen-bond donors (Lipinski definition) is 3. The molecule has 3 rings (SSSR count). The van der Waals surface area contributed by atoms with Crippen LogP contribution in [-0.2, 0) is 0 Å². The van der Waals surface area contributed by atoms with Crippen LogP contribution < -0.4 is 10.6 Å². The first-order chi connectivity index (χ1) is 10.9. The van der Waals surface area contributed by atoms with E-state index in [9.17, 15) is 14.3 Å². The lowest BCUT2D eigenvalue weighted by Gasteiger charge is -2.16. The van der Waals surface area contributed by atoms with Crippen molar-refractivity contribution in [2.45, 2.75) is 32.7 Å². The smallest absolute Gasteiger partial charge is 0.315 e. The van der Waals surface area contributed by atoms with E-state index < -0.39 is 0 Å². The van der Waals surface area contributed by atoms with Gasteiger partial charge in [0.25, 0.3) is 0 Å². The number of aliphatic hydroxyl groups excluding tert-OH is 1. The number of halogens is 1. The maximum Gasteiger partial charge on any atom is 0.315 e. The van der Waals surface area contributed by atoms with Gasteiger partial charge in [-0.25, -0.2) is 9.18 Å². The van der Waals surface area contributed by atoms with Crippen LogP contribution in [0.1, 0.15) is 37.1 Å². The van der Waals surface area contributed by atoms with Gasteiger partial charge in [0, 0.05) is 22.9 Å². The fourth-order valence-electron chi connectivity index (χ4n) is 2.77. The standard InChI is InChI=1S/C17H21FN2O3/c1-10-13-7-12(18)3-4-14(13)23-15(10)11(2)20-16(22)19-8-17(9-21)5-6-17/h3-4,7,11,21H,5-6,8-9H2,1-2H3,(H2,19,20,22). The van der Waals surface area contributed by atoms with Gasteiger partial charge in [-0.2, -0.15) is 0 Å². The topological polar surface area (TPSA) is 74.5 Å². The number of fused-ring (bicyclic) bond motifs is 1. The summed E-state index contributed by atoms with van der Waals surface area (Å²) in [5.41, 5.74) is 1.29. The van der Waals surface area contributed by atoms with Crippen LogP contribution >= 0.6 is 0 Å². The predicted octanol–water partition coefficient (Wildman–Crippen LogP) is 3.01. The third-order valence-electron chi connectivity index (χ3n) is 4.59. The zero-order valence-electron chi connectivity index (χ0n) is 13.3. The molecule has 1 saturated carbocycles. The van der Waals surface area contributed by atoms with Crippen molar-refractivity contribution in [2.75, 3.05) is 13.2 Å². The number of urea groups is 1. The number of furan rings is 1. The summed E-state index contributed by atoms with van der Waals surface area (Å²) in [5.74, 6) is 0.300. The molecular formula is C17H21FN2O3. The number of aryl methyl sites for hydroxylation is 1. The Morgan fingerprint density at radius 1 is 1.48 bits per heavy atom. The molecule has 2 amide bonds. The Kier molecular flexibility index (Phi) is 4.02. The molecule has 0 aliphatic heterocycles. The normalized spacial score (nSPS) is 17.0. The molecule has 1 aromatic carbocycles. The minimum Gasteiger partial charge on any atom is -0.459 e. The number of rotatable bonds is 5. The van der Waals surface area contributed by atoms with E-state index in [0.717, 1.165) is 18.4 Å². The number of amides is 2. The van der Waals surface area contributed by atoms with Gasteiger partial charge in [-0.15, -0.1) is 0 Å². The Bertz CT molecular complexity index is 737. The molecule has 3 N–H and O–H groups in total. The van der Waals surface area contributed by atoms with E-state index in [1.807, 2.05) is 13.8 Å². The highest BCUT2D eigenvalue weighted by Gasteiger charge is 2.42. The molecule has 0 radical (unpaired) electrons. The number of aliphatic hydroxyl groups is 1. The van der Waals surface area contributed by atoms with E-state index in [-0.39, 0.29) is 29.9 Å². The average Bonchev–Trinajstić information content (AvgIpc) is 3.24. The van der Waals surface area contributed by atoms with Crippen molar-refractivity contribution in [1.82, 2.24) is 10.6 Å². The van der Waals surface area contributed by atoms with Crippen LogP contribution in [0, 0.1) is 18.2 Å². The van der Waals surface area contributed by atoms with Gasteiger partial charge < -0.3 is 20.2 Å². The fourth-order valence-corrected chi connectivity index (χ4v) is 2.77. The summed E-state index contributed by atoms with van der Waals surface area (Å²) in [6.07, 6.45) is 1.88. The minimum atomic E-state index is -0.338.